The van der Waals surface area contributed by atoms with Crippen LogP contribution in [0.2, 0.25) is 0 Å². The van der Waals surface area contributed by atoms with E-state index in [4.69, 9.17) is 4.74 Å². The van der Waals surface area contributed by atoms with Crippen molar-refractivity contribution in [3.63, 3.8) is 0 Å². The predicted octanol–water partition coefficient (Wildman–Crippen LogP) is 30.7. The first kappa shape index (κ1) is 96.3. The molecule has 0 aliphatic heterocycles. The average Bonchev–Trinajstić information content (AvgIpc) is 1.57. The number of esters is 1. The third-order valence-electron chi connectivity index (χ3n) is 21.7. The number of aliphatic hydroxyl groups is 2. The van der Waals surface area contributed by atoms with Crippen molar-refractivity contribution in [1.82, 2.24) is 5.32 Å². The second-order valence-corrected chi connectivity index (χ2v) is 31.6. The zero-order valence-electron chi connectivity index (χ0n) is 67.1. The van der Waals surface area contributed by atoms with Crippen molar-refractivity contribution in [2.45, 2.75) is 540 Å². The largest absolute Gasteiger partial charge is 0.466 e. The number of unbranched alkanes of at least 4 members (excludes halogenated alkanes) is 74. The molecule has 2 atom stereocenters. The molecule has 0 bridgehead atoms. The Labute approximate surface area is 615 Å². The fourth-order valence-corrected chi connectivity index (χ4v) is 14.8. The summed E-state index contributed by atoms with van der Waals surface area (Å²) in [5, 5.41) is 23.4. The Bertz CT molecular complexity index is 1550. The highest BCUT2D eigenvalue weighted by molar-refractivity contribution is 5.76. The minimum absolute atomic E-state index is 0.0276. The second-order valence-electron chi connectivity index (χ2n) is 31.6. The number of carbonyl (C=O) groups is 2. The van der Waals surface area contributed by atoms with Crippen LogP contribution in [0.5, 0.6) is 0 Å². The lowest BCUT2D eigenvalue weighted by Gasteiger charge is -2.20. The van der Waals surface area contributed by atoms with Gasteiger partial charge in [-0.25, -0.2) is 0 Å². The quantitative estimate of drug-likeness (QED) is 0.0320. The van der Waals surface area contributed by atoms with Crippen LogP contribution in [0.1, 0.15) is 528 Å². The Morgan fingerprint density at radius 1 is 0.276 bits per heavy atom. The maximum Gasteiger partial charge on any atom is 0.305 e. The number of ether oxygens (including phenoxy) is 1. The molecule has 582 valence electrons. The number of allylic oxidation sites excluding steroid dienone is 3. The van der Waals surface area contributed by atoms with Crippen LogP contribution in [-0.4, -0.2) is 47.4 Å². The summed E-state index contributed by atoms with van der Waals surface area (Å²) in [7, 11) is 0. The van der Waals surface area contributed by atoms with Crippen LogP contribution in [0.15, 0.2) is 24.3 Å². The summed E-state index contributed by atoms with van der Waals surface area (Å²) in [4.78, 5) is 24.7. The average molecular weight is 1380 g/mol. The molecule has 0 aromatic heterocycles. The molecule has 0 fully saturated rings. The van der Waals surface area contributed by atoms with Crippen molar-refractivity contribution >= 4 is 11.9 Å². The number of hydrogen-bond donors (Lipinski definition) is 3. The van der Waals surface area contributed by atoms with E-state index >= 15 is 0 Å². The summed E-state index contributed by atoms with van der Waals surface area (Å²) < 4.78 is 5.52. The molecule has 1 amide bonds. The van der Waals surface area contributed by atoms with Gasteiger partial charge in [-0.05, 0) is 57.8 Å². The Balaban J connectivity index is 3.34. The predicted molar refractivity (Wildman–Crippen MR) is 435 cm³/mol. The molecule has 98 heavy (non-hydrogen) atoms. The second kappa shape index (κ2) is 87.7. The van der Waals surface area contributed by atoms with E-state index in [2.05, 4.69) is 31.3 Å². The molecule has 3 N–H and O–H groups in total. The normalized spacial score (nSPS) is 12.5. The molecule has 2 unspecified atom stereocenters. The van der Waals surface area contributed by atoms with Crippen molar-refractivity contribution in [3.8, 4) is 0 Å². The van der Waals surface area contributed by atoms with Crippen LogP contribution in [-0.2, 0) is 14.3 Å². The zero-order chi connectivity index (χ0) is 70.5. The van der Waals surface area contributed by atoms with Crippen LogP contribution >= 0.6 is 0 Å². The molecule has 0 saturated heterocycles. The number of carbonyl (C=O) groups excluding carboxylic acids is 2. The molecule has 0 rings (SSSR count). The van der Waals surface area contributed by atoms with Crippen molar-refractivity contribution in [2.24, 2.45) is 0 Å². The number of rotatable bonds is 87. The van der Waals surface area contributed by atoms with E-state index < -0.39 is 12.1 Å². The van der Waals surface area contributed by atoms with E-state index in [1.54, 1.807) is 6.08 Å². The van der Waals surface area contributed by atoms with Gasteiger partial charge in [0.1, 0.15) is 0 Å². The third-order valence-corrected chi connectivity index (χ3v) is 21.7. The van der Waals surface area contributed by atoms with Gasteiger partial charge in [-0.15, -0.1) is 0 Å². The summed E-state index contributed by atoms with van der Waals surface area (Å²) in [5.41, 5.74) is 0. The molecule has 0 aliphatic rings. The first-order chi connectivity index (χ1) is 48.5. The summed E-state index contributed by atoms with van der Waals surface area (Å²) >= 11 is 0. The van der Waals surface area contributed by atoms with E-state index in [1.807, 2.05) is 6.08 Å². The molecule has 6 nitrogen and oxygen atoms in total. The monoisotopic (exact) mass is 1380 g/mol. The third kappa shape index (κ3) is 83.3. The molecular weight excluding hydrogens is 1200 g/mol. The number of aliphatic hydroxyl groups excluding tert-OH is 2. The first-order valence-corrected chi connectivity index (χ1v) is 45.6. The lowest BCUT2D eigenvalue weighted by atomic mass is 10.0. The van der Waals surface area contributed by atoms with E-state index in [0.29, 0.717) is 19.4 Å². The first-order valence-electron chi connectivity index (χ1n) is 45.6. The fraction of sp³-hybridized carbons (Fsp3) is 0.935. The van der Waals surface area contributed by atoms with Crippen LogP contribution in [0.25, 0.3) is 0 Å². The van der Waals surface area contributed by atoms with E-state index in [9.17, 15) is 19.8 Å². The van der Waals surface area contributed by atoms with Crippen molar-refractivity contribution in [2.75, 3.05) is 13.2 Å². The van der Waals surface area contributed by atoms with Gasteiger partial charge in [0.2, 0.25) is 5.91 Å². The van der Waals surface area contributed by atoms with Gasteiger partial charge in [0.25, 0.3) is 0 Å². The zero-order valence-corrected chi connectivity index (χ0v) is 67.1. The highest BCUT2D eigenvalue weighted by Crippen LogP contribution is 2.21. The van der Waals surface area contributed by atoms with Crippen molar-refractivity contribution < 1.29 is 24.5 Å². The molecule has 0 heterocycles. The maximum absolute atomic E-state index is 12.6. The Hall–Kier alpha value is -1.66. The summed E-state index contributed by atoms with van der Waals surface area (Å²) in [6.07, 6.45) is 115. The van der Waals surface area contributed by atoms with Crippen molar-refractivity contribution in [3.05, 3.63) is 24.3 Å². The Morgan fingerprint density at radius 3 is 0.724 bits per heavy atom. The lowest BCUT2D eigenvalue weighted by Crippen LogP contribution is -2.45. The maximum atomic E-state index is 12.6. The molecule has 0 aromatic rings. The van der Waals surface area contributed by atoms with Crippen LogP contribution in [0.4, 0.5) is 0 Å². The summed E-state index contributed by atoms with van der Waals surface area (Å²) in [5.74, 6) is -0.0298. The van der Waals surface area contributed by atoms with E-state index in [0.717, 1.165) is 38.5 Å². The molecule has 0 spiro atoms. The van der Waals surface area contributed by atoms with Crippen LogP contribution < -0.4 is 5.32 Å². The van der Waals surface area contributed by atoms with Gasteiger partial charge in [0.05, 0.1) is 25.4 Å². The molecule has 6 heteroatoms. The highest BCUT2D eigenvalue weighted by atomic mass is 16.5. The van der Waals surface area contributed by atoms with Gasteiger partial charge in [-0.2, -0.15) is 0 Å². The number of nitrogens with one attached hydrogen (secondary N) is 1. The SMILES string of the molecule is CCCCCCCCCCCCCCCCCCCCCCCCC/C=C/C(O)C(CO)NC(=O)CCCCCCCCCCCCCCCCCCC/C=C\CCCCCCCCCCCCCCCCCCCCOC(=O)CCCCCCCCCCCCCCCCCCC. The number of hydrogen-bond acceptors (Lipinski definition) is 5. The lowest BCUT2D eigenvalue weighted by molar-refractivity contribution is -0.143. The molecule has 0 radical (unpaired) electrons. The van der Waals surface area contributed by atoms with Gasteiger partial charge in [0, 0.05) is 12.8 Å². The standard InChI is InChI=1S/C92H179NO5/c1-3-5-7-9-11-13-15-17-19-21-22-23-24-40-43-46-49-53-56-60-64-68-72-76-80-84-90(95)89(88-94)93-91(96)85-81-77-73-69-65-61-57-54-50-47-44-41-38-36-34-32-30-28-26-25-27-29-31-33-35-37-39-42-45-48-51-55-59-63-67-71-75-79-83-87-98-92(97)86-82-78-74-70-66-62-58-52-20-18-16-14-12-10-8-6-4-2/h25-26,80,84,89-90,94-95H,3-24,27-79,81-83,85-88H2,1-2H3,(H,93,96)/b26-25-,84-80+. The van der Waals surface area contributed by atoms with Gasteiger partial charge >= 0.3 is 5.97 Å². The smallest absolute Gasteiger partial charge is 0.305 e. The van der Waals surface area contributed by atoms with E-state index in [-0.39, 0.29) is 18.5 Å². The van der Waals surface area contributed by atoms with Gasteiger partial charge in [-0.1, -0.05) is 481 Å². The highest BCUT2D eigenvalue weighted by Gasteiger charge is 2.18. The molecule has 0 aliphatic carbocycles. The Morgan fingerprint density at radius 2 is 0.480 bits per heavy atom. The summed E-state index contributed by atoms with van der Waals surface area (Å²) in [6, 6.07) is -0.626. The van der Waals surface area contributed by atoms with Gasteiger partial charge < -0.3 is 20.3 Å². The van der Waals surface area contributed by atoms with Crippen LogP contribution in [0, 0.1) is 0 Å². The molecule has 0 saturated carbocycles. The molecule has 0 aromatic carbocycles. The number of amides is 1. The van der Waals surface area contributed by atoms with Gasteiger partial charge in [0.15, 0.2) is 0 Å². The minimum atomic E-state index is -0.843. The topological polar surface area (TPSA) is 95.9 Å². The van der Waals surface area contributed by atoms with Crippen LogP contribution in [0.3, 0.4) is 0 Å². The van der Waals surface area contributed by atoms with Gasteiger partial charge in [-0.3, -0.25) is 9.59 Å². The summed E-state index contributed by atoms with van der Waals surface area (Å²) in [6.45, 7) is 4.98. The Kier molecular flexibility index (Phi) is 86.3. The van der Waals surface area contributed by atoms with Crippen molar-refractivity contribution in [1.29, 1.82) is 0 Å². The minimum Gasteiger partial charge on any atom is -0.466 e. The van der Waals surface area contributed by atoms with E-state index in [1.165, 1.54) is 462 Å². The molecular formula is C92H179NO5. The fourth-order valence-electron chi connectivity index (χ4n) is 14.8.